The molecule has 3 heteroatoms. The molecule has 2 heterocycles. The number of benzene rings is 1. The first-order valence-electron chi connectivity index (χ1n) is 9.25. The molecule has 0 aliphatic rings. The van der Waals surface area contributed by atoms with Crippen LogP contribution in [0.15, 0.2) is 54.7 Å². The maximum atomic E-state index is 13.3. The maximum absolute atomic E-state index is 13.3. The third-order valence-corrected chi connectivity index (χ3v) is 4.63. The lowest BCUT2D eigenvalue weighted by molar-refractivity contribution is 0.628. The smallest absolute Gasteiger partial charge is 0.159 e. The molecule has 0 spiro atoms. The molecule has 0 aliphatic heterocycles. The van der Waals surface area contributed by atoms with Crippen molar-refractivity contribution < 1.29 is 4.39 Å². The van der Waals surface area contributed by atoms with E-state index in [2.05, 4.69) is 37.5 Å². The van der Waals surface area contributed by atoms with Crippen molar-refractivity contribution in [1.29, 1.82) is 0 Å². The van der Waals surface area contributed by atoms with Crippen molar-refractivity contribution >= 4 is 11.0 Å². The zero-order valence-corrected chi connectivity index (χ0v) is 15.6. The molecule has 0 N–H and O–H groups in total. The number of nitrogens with zero attached hydrogens (tertiary/aromatic N) is 2. The van der Waals surface area contributed by atoms with Crippen LogP contribution in [0.25, 0.3) is 22.3 Å². The summed E-state index contributed by atoms with van der Waals surface area (Å²) in [6, 6.07) is 10.9. The molecule has 3 aromatic rings. The van der Waals surface area contributed by atoms with Crippen LogP contribution in [-0.4, -0.2) is 9.97 Å². The SMILES string of the molecule is C=C(C)CCCCc1cc2cc(CC)cnc2nc1-c1ccc(F)cc1. The minimum atomic E-state index is -0.233. The lowest BCUT2D eigenvalue weighted by Gasteiger charge is -2.12. The lowest BCUT2D eigenvalue weighted by Crippen LogP contribution is -1.98. The van der Waals surface area contributed by atoms with Crippen molar-refractivity contribution in [3.63, 3.8) is 0 Å². The van der Waals surface area contributed by atoms with Gasteiger partial charge in [-0.15, -0.1) is 6.58 Å². The second-order valence-electron chi connectivity index (χ2n) is 6.91. The fraction of sp³-hybridized carbons (Fsp3) is 0.304. The van der Waals surface area contributed by atoms with Gasteiger partial charge in [0.05, 0.1) is 5.69 Å². The van der Waals surface area contributed by atoms with Gasteiger partial charge in [-0.2, -0.15) is 0 Å². The van der Waals surface area contributed by atoms with Crippen molar-refractivity contribution in [2.75, 3.05) is 0 Å². The third kappa shape index (κ3) is 4.34. The van der Waals surface area contributed by atoms with Gasteiger partial charge in [0.2, 0.25) is 0 Å². The van der Waals surface area contributed by atoms with E-state index < -0.39 is 0 Å². The van der Waals surface area contributed by atoms with E-state index in [1.54, 1.807) is 12.1 Å². The molecule has 0 bridgehead atoms. The summed E-state index contributed by atoms with van der Waals surface area (Å²) >= 11 is 0. The largest absolute Gasteiger partial charge is 0.236 e. The summed E-state index contributed by atoms with van der Waals surface area (Å²) in [7, 11) is 0. The number of aromatic nitrogens is 2. The first kappa shape index (κ1) is 18.2. The highest BCUT2D eigenvalue weighted by molar-refractivity contribution is 5.81. The van der Waals surface area contributed by atoms with Crippen LogP contribution < -0.4 is 0 Å². The van der Waals surface area contributed by atoms with Gasteiger partial charge in [-0.25, -0.2) is 14.4 Å². The first-order chi connectivity index (χ1) is 12.6. The first-order valence-corrected chi connectivity index (χ1v) is 9.25. The number of hydrogen-bond acceptors (Lipinski definition) is 2. The molecular weight excluding hydrogens is 323 g/mol. The molecule has 0 aliphatic carbocycles. The number of rotatable bonds is 7. The number of fused-ring (bicyclic) bond motifs is 1. The van der Waals surface area contributed by atoms with Crippen molar-refractivity contribution in [1.82, 2.24) is 9.97 Å². The van der Waals surface area contributed by atoms with Crippen molar-refractivity contribution in [3.8, 4) is 11.3 Å². The maximum Gasteiger partial charge on any atom is 0.159 e. The molecule has 0 saturated carbocycles. The Morgan fingerprint density at radius 1 is 1.12 bits per heavy atom. The highest BCUT2D eigenvalue weighted by Gasteiger charge is 2.11. The quantitative estimate of drug-likeness (QED) is 0.370. The average Bonchev–Trinajstić information content (AvgIpc) is 2.64. The summed E-state index contributed by atoms with van der Waals surface area (Å²) < 4.78 is 13.3. The molecule has 2 nitrogen and oxygen atoms in total. The van der Waals surface area contributed by atoms with Crippen LogP contribution in [0.5, 0.6) is 0 Å². The van der Waals surface area contributed by atoms with Crippen LogP contribution in [0, 0.1) is 5.82 Å². The van der Waals surface area contributed by atoms with Gasteiger partial charge in [-0.1, -0.05) is 12.5 Å². The molecule has 0 fully saturated rings. The van der Waals surface area contributed by atoms with Gasteiger partial charge in [0.25, 0.3) is 0 Å². The van der Waals surface area contributed by atoms with Gasteiger partial charge in [0, 0.05) is 17.1 Å². The fourth-order valence-electron chi connectivity index (χ4n) is 3.14. The molecule has 0 radical (unpaired) electrons. The van der Waals surface area contributed by atoms with E-state index in [1.165, 1.54) is 28.8 Å². The summed E-state index contributed by atoms with van der Waals surface area (Å²) in [4.78, 5) is 9.33. The Hall–Kier alpha value is -2.55. The normalized spacial score (nSPS) is 11.0. The lowest BCUT2D eigenvalue weighted by atomic mass is 9.98. The fourth-order valence-corrected chi connectivity index (χ4v) is 3.14. The van der Waals surface area contributed by atoms with E-state index in [9.17, 15) is 4.39 Å². The van der Waals surface area contributed by atoms with Crippen LogP contribution in [0.3, 0.4) is 0 Å². The van der Waals surface area contributed by atoms with Gasteiger partial charge in [0.15, 0.2) is 5.65 Å². The summed E-state index contributed by atoms with van der Waals surface area (Å²) in [5.74, 6) is -0.233. The minimum Gasteiger partial charge on any atom is -0.236 e. The van der Waals surface area contributed by atoms with Crippen LogP contribution in [-0.2, 0) is 12.8 Å². The summed E-state index contributed by atoms with van der Waals surface area (Å²) in [5, 5.41) is 1.07. The number of unbranched alkanes of at least 4 members (excludes halogenated alkanes) is 1. The second kappa shape index (κ2) is 8.22. The van der Waals surface area contributed by atoms with E-state index in [4.69, 9.17) is 4.98 Å². The molecule has 0 unspecified atom stereocenters. The number of halogens is 1. The molecular formula is C23H25FN2. The Labute approximate surface area is 154 Å². The standard InChI is InChI=1S/C23H25FN2/c1-4-17-13-20-14-19(8-6-5-7-16(2)3)22(26-23(20)25-15-17)18-9-11-21(24)12-10-18/h9-15H,2,4-8H2,1,3H3. The Morgan fingerprint density at radius 2 is 1.88 bits per heavy atom. The molecule has 2 aromatic heterocycles. The highest BCUT2D eigenvalue weighted by atomic mass is 19.1. The van der Waals surface area contributed by atoms with Gasteiger partial charge < -0.3 is 0 Å². The molecule has 3 rings (SSSR count). The van der Waals surface area contributed by atoms with Crippen molar-refractivity contribution in [2.45, 2.75) is 46.0 Å². The molecule has 0 atom stereocenters. The van der Waals surface area contributed by atoms with Gasteiger partial charge in [-0.3, -0.25) is 0 Å². The van der Waals surface area contributed by atoms with E-state index in [0.29, 0.717) is 0 Å². The predicted octanol–water partition coefficient (Wildman–Crippen LogP) is 6.29. The van der Waals surface area contributed by atoms with E-state index in [0.717, 1.165) is 54.4 Å². The van der Waals surface area contributed by atoms with Gasteiger partial charge in [-0.05, 0) is 86.6 Å². The topological polar surface area (TPSA) is 25.8 Å². The summed E-state index contributed by atoms with van der Waals surface area (Å²) in [6.07, 6.45) is 7.03. The van der Waals surface area contributed by atoms with Crippen molar-refractivity contribution in [3.05, 3.63) is 71.7 Å². The van der Waals surface area contributed by atoms with E-state index in [1.807, 2.05) is 6.20 Å². The number of hydrogen-bond donors (Lipinski definition) is 0. The van der Waals surface area contributed by atoms with E-state index >= 15 is 0 Å². The second-order valence-corrected chi connectivity index (χ2v) is 6.91. The average molecular weight is 348 g/mol. The monoisotopic (exact) mass is 348 g/mol. The van der Waals surface area contributed by atoms with Gasteiger partial charge in [0.1, 0.15) is 5.82 Å². The molecule has 0 amide bonds. The number of allylic oxidation sites excluding steroid dienone is 1. The predicted molar refractivity (Wildman–Crippen MR) is 107 cm³/mol. The molecule has 26 heavy (non-hydrogen) atoms. The Morgan fingerprint density at radius 3 is 2.58 bits per heavy atom. The van der Waals surface area contributed by atoms with Crippen LogP contribution in [0.2, 0.25) is 0 Å². The highest BCUT2D eigenvalue weighted by Crippen LogP contribution is 2.27. The third-order valence-electron chi connectivity index (χ3n) is 4.63. The molecule has 1 aromatic carbocycles. The van der Waals surface area contributed by atoms with Crippen LogP contribution >= 0.6 is 0 Å². The number of aryl methyl sites for hydroxylation is 2. The Bertz CT molecular complexity index is 913. The summed E-state index contributed by atoms with van der Waals surface area (Å²) in [6.45, 7) is 8.17. The van der Waals surface area contributed by atoms with Crippen LogP contribution in [0.1, 0.15) is 44.2 Å². The Kier molecular flexibility index (Phi) is 5.77. The van der Waals surface area contributed by atoms with Crippen LogP contribution in [0.4, 0.5) is 4.39 Å². The van der Waals surface area contributed by atoms with Crippen molar-refractivity contribution in [2.24, 2.45) is 0 Å². The molecule has 0 saturated heterocycles. The minimum absolute atomic E-state index is 0.233. The molecule has 134 valence electrons. The summed E-state index contributed by atoms with van der Waals surface area (Å²) in [5.41, 5.74) is 6.21. The zero-order valence-electron chi connectivity index (χ0n) is 15.6. The number of pyridine rings is 2. The Balaban J connectivity index is 1.99. The van der Waals surface area contributed by atoms with Gasteiger partial charge >= 0.3 is 0 Å². The zero-order chi connectivity index (χ0) is 18.5. The van der Waals surface area contributed by atoms with E-state index in [-0.39, 0.29) is 5.82 Å².